The van der Waals surface area contributed by atoms with E-state index in [1.807, 2.05) is 0 Å². The molecule has 3 rings (SSSR count). The molecule has 35 heavy (non-hydrogen) atoms. The van der Waals surface area contributed by atoms with Crippen LogP contribution in [0, 0.1) is 17.2 Å². The number of nitrogens with one attached hydrogen (secondary N) is 2. The van der Waals surface area contributed by atoms with Crippen molar-refractivity contribution in [3.05, 3.63) is 63.1 Å². The molecule has 1 aliphatic rings. The number of benzene rings is 2. The van der Waals surface area contributed by atoms with Gasteiger partial charge in [0.2, 0.25) is 11.8 Å². The summed E-state index contributed by atoms with van der Waals surface area (Å²) in [6.45, 7) is 0. The third-order valence-corrected chi connectivity index (χ3v) is 6.86. The number of allylic oxidation sites excluding steroid dienone is 1. The van der Waals surface area contributed by atoms with E-state index < -0.39 is 23.7 Å². The van der Waals surface area contributed by atoms with Crippen LogP contribution in [0.3, 0.4) is 0 Å². The summed E-state index contributed by atoms with van der Waals surface area (Å²) in [6, 6.07) is 14.0. The van der Waals surface area contributed by atoms with Gasteiger partial charge in [0, 0.05) is 17.7 Å². The van der Waals surface area contributed by atoms with Crippen LogP contribution in [0.1, 0.15) is 11.5 Å². The fourth-order valence-electron chi connectivity index (χ4n) is 3.59. The van der Waals surface area contributed by atoms with E-state index in [2.05, 4.69) is 32.6 Å². The molecule has 2 atom stereocenters. The van der Waals surface area contributed by atoms with E-state index in [0.29, 0.717) is 27.2 Å². The highest BCUT2D eigenvalue weighted by molar-refractivity contribution is 9.10. The Morgan fingerprint density at radius 3 is 2.57 bits per heavy atom. The van der Waals surface area contributed by atoms with Crippen LogP contribution in [0.2, 0.25) is 0 Å². The van der Waals surface area contributed by atoms with Crippen LogP contribution in [-0.4, -0.2) is 44.9 Å². The minimum Gasteiger partial charge on any atom is -0.497 e. The number of carbonyl (C=O) groups is 3. The number of hydrogen-bond donors (Lipinski definition) is 2. The summed E-state index contributed by atoms with van der Waals surface area (Å²) < 4.78 is 15.8. The van der Waals surface area contributed by atoms with Crippen molar-refractivity contribution in [2.24, 2.45) is 5.92 Å². The largest absolute Gasteiger partial charge is 0.497 e. The first-order valence-electron chi connectivity index (χ1n) is 10.3. The Morgan fingerprint density at radius 2 is 1.94 bits per heavy atom. The lowest BCUT2D eigenvalue weighted by Crippen LogP contribution is -2.44. The summed E-state index contributed by atoms with van der Waals surface area (Å²) in [5, 5.41) is 15.6. The molecule has 0 aliphatic carbocycles. The van der Waals surface area contributed by atoms with Gasteiger partial charge in [0.25, 0.3) is 0 Å². The van der Waals surface area contributed by atoms with E-state index in [0.717, 1.165) is 11.8 Å². The van der Waals surface area contributed by atoms with Gasteiger partial charge in [0.1, 0.15) is 17.4 Å². The molecule has 2 aromatic rings. The first-order chi connectivity index (χ1) is 16.8. The molecule has 1 heterocycles. The Labute approximate surface area is 214 Å². The third-order valence-electron chi connectivity index (χ3n) is 5.22. The van der Waals surface area contributed by atoms with Crippen LogP contribution < -0.4 is 20.1 Å². The summed E-state index contributed by atoms with van der Waals surface area (Å²) in [4.78, 5) is 38.0. The second kappa shape index (κ2) is 11.8. The van der Waals surface area contributed by atoms with Crippen molar-refractivity contribution in [3.63, 3.8) is 0 Å². The van der Waals surface area contributed by atoms with Gasteiger partial charge in [-0.1, -0.05) is 23.9 Å². The number of hydrogen-bond acceptors (Lipinski definition) is 8. The summed E-state index contributed by atoms with van der Waals surface area (Å²) in [5.74, 6) is -2.87. The molecular formula is C24H22BrN3O6S. The van der Waals surface area contributed by atoms with E-state index in [-0.39, 0.29) is 22.3 Å². The van der Waals surface area contributed by atoms with Crippen molar-refractivity contribution >= 4 is 51.2 Å². The van der Waals surface area contributed by atoms with Gasteiger partial charge in [-0.3, -0.25) is 14.4 Å². The second-order valence-electron chi connectivity index (χ2n) is 7.29. The molecule has 11 heteroatoms. The number of rotatable bonds is 8. The topological polar surface area (TPSA) is 127 Å². The van der Waals surface area contributed by atoms with E-state index in [1.54, 1.807) is 42.5 Å². The molecule has 2 N–H and O–H groups in total. The zero-order valence-electron chi connectivity index (χ0n) is 19.1. The Balaban J connectivity index is 1.91. The normalized spacial score (nSPS) is 17.2. The Morgan fingerprint density at radius 1 is 1.17 bits per heavy atom. The standard InChI is InChI=1S/C24H22BrN3O6S/c1-32-15-6-4-5-14(10-15)27-19(29)12-35-23-16(11-26)20(21(22(30)28-23)24(31)34-3)13-7-8-18(33-2)17(25)9-13/h4-10,20-21H,12H2,1-3H3,(H,27,29)(H,28,30)/t20-,21-/m0/s1. The average Bonchev–Trinajstić information content (AvgIpc) is 2.86. The maximum Gasteiger partial charge on any atom is 0.319 e. The monoisotopic (exact) mass is 559 g/mol. The molecule has 2 aromatic carbocycles. The highest BCUT2D eigenvalue weighted by Crippen LogP contribution is 2.42. The molecule has 0 spiro atoms. The number of amides is 2. The summed E-state index contributed by atoms with van der Waals surface area (Å²) >= 11 is 4.40. The minimum atomic E-state index is -1.27. The van der Waals surface area contributed by atoms with Gasteiger partial charge < -0.3 is 24.8 Å². The highest BCUT2D eigenvalue weighted by Gasteiger charge is 2.44. The predicted molar refractivity (Wildman–Crippen MR) is 134 cm³/mol. The average molecular weight is 560 g/mol. The zero-order valence-corrected chi connectivity index (χ0v) is 21.5. The van der Waals surface area contributed by atoms with Crippen LogP contribution in [0.4, 0.5) is 5.69 Å². The van der Waals surface area contributed by atoms with E-state index in [1.165, 1.54) is 21.3 Å². The number of halogens is 1. The number of nitriles is 1. The smallest absolute Gasteiger partial charge is 0.319 e. The molecule has 0 unspecified atom stereocenters. The van der Waals surface area contributed by atoms with Crippen molar-refractivity contribution in [2.45, 2.75) is 5.92 Å². The number of carbonyl (C=O) groups excluding carboxylic acids is 3. The number of methoxy groups -OCH3 is 3. The lowest BCUT2D eigenvalue weighted by Gasteiger charge is -2.31. The molecule has 182 valence electrons. The Bertz CT molecular complexity index is 1230. The fourth-order valence-corrected chi connectivity index (χ4v) is 5.00. The molecule has 0 radical (unpaired) electrons. The van der Waals surface area contributed by atoms with Crippen LogP contribution in [-0.2, 0) is 19.1 Å². The summed E-state index contributed by atoms with van der Waals surface area (Å²) in [7, 11) is 4.22. The first kappa shape index (κ1) is 26.1. The van der Waals surface area contributed by atoms with Crippen molar-refractivity contribution < 1.29 is 28.6 Å². The van der Waals surface area contributed by atoms with Gasteiger partial charge >= 0.3 is 5.97 Å². The quantitative estimate of drug-likeness (QED) is 0.371. The second-order valence-corrected chi connectivity index (χ2v) is 9.13. The van der Waals surface area contributed by atoms with Gasteiger partial charge in [-0.05, 0) is 45.8 Å². The van der Waals surface area contributed by atoms with Crippen molar-refractivity contribution in [3.8, 4) is 17.6 Å². The molecule has 9 nitrogen and oxygen atoms in total. The molecule has 2 amide bonds. The number of esters is 1. The van der Waals surface area contributed by atoms with Crippen LogP contribution in [0.15, 0.2) is 57.5 Å². The SMILES string of the molecule is COC(=O)[C@@H]1C(=O)NC(SCC(=O)Nc2cccc(OC)c2)=C(C#N)[C@@H]1c1ccc(OC)c(Br)c1. The fraction of sp³-hybridized carbons (Fsp3) is 0.250. The molecule has 0 saturated carbocycles. The van der Waals surface area contributed by atoms with Crippen LogP contribution >= 0.6 is 27.7 Å². The highest BCUT2D eigenvalue weighted by atomic mass is 79.9. The maximum atomic E-state index is 12.9. The minimum absolute atomic E-state index is 0.0834. The van der Waals surface area contributed by atoms with E-state index >= 15 is 0 Å². The van der Waals surface area contributed by atoms with Gasteiger partial charge in [0.15, 0.2) is 0 Å². The molecule has 1 aliphatic heterocycles. The Hall–Kier alpha value is -3.49. The lowest BCUT2D eigenvalue weighted by atomic mass is 9.78. The van der Waals surface area contributed by atoms with Crippen molar-refractivity contribution in [2.75, 3.05) is 32.4 Å². The number of thioether (sulfide) groups is 1. The predicted octanol–water partition coefficient (Wildman–Crippen LogP) is 3.58. The van der Waals surface area contributed by atoms with Gasteiger partial charge in [-0.2, -0.15) is 5.26 Å². The molecular weight excluding hydrogens is 538 g/mol. The van der Waals surface area contributed by atoms with Gasteiger partial charge in [-0.25, -0.2) is 0 Å². The van der Waals surface area contributed by atoms with Crippen LogP contribution in [0.5, 0.6) is 11.5 Å². The molecule has 0 aromatic heterocycles. The summed E-state index contributed by atoms with van der Waals surface area (Å²) in [5.41, 5.74) is 1.23. The van der Waals surface area contributed by atoms with Crippen LogP contribution in [0.25, 0.3) is 0 Å². The van der Waals surface area contributed by atoms with Crippen molar-refractivity contribution in [1.29, 1.82) is 5.26 Å². The summed E-state index contributed by atoms with van der Waals surface area (Å²) in [6.07, 6.45) is 0. The first-order valence-corrected chi connectivity index (χ1v) is 12.0. The maximum absolute atomic E-state index is 12.9. The molecule has 0 bridgehead atoms. The number of nitrogens with zero attached hydrogens (tertiary/aromatic N) is 1. The van der Waals surface area contributed by atoms with Gasteiger partial charge in [-0.15, -0.1) is 0 Å². The molecule has 0 fully saturated rings. The van der Waals surface area contributed by atoms with E-state index in [4.69, 9.17) is 14.2 Å². The lowest BCUT2D eigenvalue weighted by molar-refractivity contribution is -0.150. The number of ether oxygens (including phenoxy) is 3. The Kier molecular flexibility index (Phi) is 8.78. The third kappa shape index (κ3) is 5.96. The zero-order chi connectivity index (χ0) is 25.5. The van der Waals surface area contributed by atoms with E-state index in [9.17, 15) is 19.6 Å². The van der Waals surface area contributed by atoms with Crippen molar-refractivity contribution in [1.82, 2.24) is 5.32 Å². The van der Waals surface area contributed by atoms with Gasteiger partial charge in [0.05, 0.1) is 48.2 Å². The molecule has 0 saturated heterocycles. The number of anilines is 1.